The molecule has 1 atom stereocenters. The molecule has 0 saturated carbocycles. The first-order valence-corrected chi connectivity index (χ1v) is 4.73. The third-order valence-corrected chi connectivity index (χ3v) is 1.87. The number of aromatic amines is 1. The first kappa shape index (κ1) is 12.2. The highest BCUT2D eigenvalue weighted by molar-refractivity contribution is 5.75. The normalized spacial score (nSPS) is 12.1. The minimum atomic E-state index is -0.466. The highest BCUT2D eigenvalue weighted by Crippen LogP contribution is 1.80. The van der Waals surface area contributed by atoms with Crippen molar-refractivity contribution >= 4 is 5.91 Å². The first-order chi connectivity index (χ1) is 7.52. The average Bonchev–Trinajstić information content (AvgIpc) is 2.23. The number of H-pyrrole nitrogens is 1. The molecule has 3 N–H and O–H groups in total. The Labute approximate surface area is 90.7 Å². The summed E-state index contributed by atoms with van der Waals surface area (Å²) in [6.45, 7) is 1.15. The highest BCUT2D eigenvalue weighted by Gasteiger charge is 2.07. The summed E-state index contributed by atoms with van der Waals surface area (Å²) in [4.78, 5) is 33.5. The SMILES string of the molecule is CC(CO)NC(=O)Cn1[nH]c(=O)ccc1=O. The maximum atomic E-state index is 11.3. The molecule has 0 radical (unpaired) electrons. The van der Waals surface area contributed by atoms with E-state index in [-0.39, 0.29) is 13.2 Å². The van der Waals surface area contributed by atoms with Crippen LogP contribution in [0.1, 0.15) is 6.92 Å². The number of aliphatic hydroxyl groups excluding tert-OH is 1. The molecule has 0 aromatic carbocycles. The van der Waals surface area contributed by atoms with E-state index in [0.717, 1.165) is 16.8 Å². The van der Waals surface area contributed by atoms with E-state index in [2.05, 4.69) is 10.4 Å². The molecule has 0 fully saturated rings. The Balaban J connectivity index is 2.73. The van der Waals surface area contributed by atoms with Gasteiger partial charge in [0, 0.05) is 18.2 Å². The summed E-state index contributed by atoms with van der Waals surface area (Å²) in [6, 6.07) is 1.79. The Hall–Kier alpha value is -1.89. The van der Waals surface area contributed by atoms with Crippen molar-refractivity contribution in [2.45, 2.75) is 19.5 Å². The number of nitrogens with one attached hydrogen (secondary N) is 2. The van der Waals surface area contributed by atoms with E-state index in [1.165, 1.54) is 0 Å². The van der Waals surface area contributed by atoms with Crippen LogP contribution in [0, 0.1) is 0 Å². The molecule has 7 heteroatoms. The monoisotopic (exact) mass is 227 g/mol. The van der Waals surface area contributed by atoms with Crippen LogP contribution in [0.15, 0.2) is 21.7 Å². The van der Waals surface area contributed by atoms with Gasteiger partial charge in [-0.3, -0.25) is 19.5 Å². The zero-order chi connectivity index (χ0) is 12.1. The van der Waals surface area contributed by atoms with Crippen molar-refractivity contribution < 1.29 is 9.90 Å². The van der Waals surface area contributed by atoms with Crippen molar-refractivity contribution in [2.24, 2.45) is 0 Å². The van der Waals surface area contributed by atoms with Crippen molar-refractivity contribution in [3.63, 3.8) is 0 Å². The fraction of sp³-hybridized carbons (Fsp3) is 0.444. The second kappa shape index (κ2) is 5.26. The van der Waals surface area contributed by atoms with Crippen LogP contribution >= 0.6 is 0 Å². The van der Waals surface area contributed by atoms with E-state index < -0.39 is 23.1 Å². The van der Waals surface area contributed by atoms with Crippen molar-refractivity contribution in [1.29, 1.82) is 0 Å². The van der Waals surface area contributed by atoms with Gasteiger partial charge in [0.05, 0.1) is 6.61 Å². The largest absolute Gasteiger partial charge is 0.394 e. The van der Waals surface area contributed by atoms with Crippen LogP contribution in [-0.4, -0.2) is 33.4 Å². The standard InChI is InChI=1S/C9H13N3O4/c1-6(5-13)10-8(15)4-12-9(16)3-2-7(14)11-12/h2-3,6,13H,4-5H2,1H3,(H,10,15)(H,11,14). The molecule has 0 aliphatic heterocycles. The van der Waals surface area contributed by atoms with Gasteiger partial charge in [0.25, 0.3) is 11.1 Å². The average molecular weight is 227 g/mol. The summed E-state index contributed by atoms with van der Waals surface area (Å²) in [5.74, 6) is -0.453. The maximum Gasteiger partial charge on any atom is 0.265 e. The quantitative estimate of drug-likeness (QED) is 0.555. The molecule has 0 aliphatic rings. The summed E-state index contributed by atoms with van der Waals surface area (Å²) in [7, 11) is 0. The molecule has 88 valence electrons. The number of nitrogens with zero attached hydrogens (tertiary/aromatic N) is 1. The third-order valence-electron chi connectivity index (χ3n) is 1.87. The minimum absolute atomic E-state index is 0.189. The highest BCUT2D eigenvalue weighted by atomic mass is 16.3. The van der Waals surface area contributed by atoms with Crippen LogP contribution in [0.2, 0.25) is 0 Å². The van der Waals surface area contributed by atoms with Crippen molar-refractivity contribution in [3.8, 4) is 0 Å². The van der Waals surface area contributed by atoms with Gasteiger partial charge in [-0.2, -0.15) is 0 Å². The topological polar surface area (TPSA) is 104 Å². The molecule has 0 bridgehead atoms. The molecule has 1 heterocycles. The Morgan fingerprint density at radius 1 is 1.56 bits per heavy atom. The lowest BCUT2D eigenvalue weighted by atomic mass is 10.3. The van der Waals surface area contributed by atoms with Crippen LogP contribution in [-0.2, 0) is 11.3 Å². The van der Waals surface area contributed by atoms with Gasteiger partial charge in [-0.05, 0) is 6.92 Å². The number of rotatable bonds is 4. The molecule has 7 nitrogen and oxygen atoms in total. The van der Waals surface area contributed by atoms with Crippen molar-refractivity contribution in [1.82, 2.24) is 15.1 Å². The van der Waals surface area contributed by atoms with Crippen LogP contribution < -0.4 is 16.4 Å². The Bertz CT molecular complexity index is 476. The number of aliphatic hydroxyl groups is 1. The number of carbonyl (C=O) groups is 1. The number of carbonyl (C=O) groups excluding carboxylic acids is 1. The Morgan fingerprint density at radius 3 is 2.88 bits per heavy atom. The Morgan fingerprint density at radius 2 is 2.25 bits per heavy atom. The zero-order valence-electron chi connectivity index (χ0n) is 8.77. The van der Waals surface area contributed by atoms with Gasteiger partial charge >= 0.3 is 0 Å². The molecule has 1 aromatic heterocycles. The molecule has 16 heavy (non-hydrogen) atoms. The molecule has 1 rings (SSSR count). The predicted octanol–water partition coefficient (Wildman–Crippen LogP) is -1.97. The van der Waals surface area contributed by atoms with Crippen molar-refractivity contribution in [3.05, 3.63) is 32.8 Å². The molecule has 1 aromatic rings. The molecule has 1 amide bonds. The van der Waals surface area contributed by atoms with Gasteiger partial charge in [-0.25, -0.2) is 4.68 Å². The molecule has 0 spiro atoms. The minimum Gasteiger partial charge on any atom is -0.394 e. The fourth-order valence-electron chi connectivity index (χ4n) is 1.09. The number of hydrogen-bond donors (Lipinski definition) is 3. The van der Waals surface area contributed by atoms with E-state index in [1.54, 1.807) is 6.92 Å². The second-order valence-electron chi connectivity index (χ2n) is 3.38. The van der Waals surface area contributed by atoms with E-state index in [9.17, 15) is 14.4 Å². The van der Waals surface area contributed by atoms with Crippen LogP contribution in [0.25, 0.3) is 0 Å². The summed E-state index contributed by atoms with van der Waals surface area (Å²) >= 11 is 0. The van der Waals surface area contributed by atoms with E-state index in [1.807, 2.05) is 0 Å². The van der Waals surface area contributed by atoms with Gasteiger partial charge in [-0.1, -0.05) is 0 Å². The zero-order valence-corrected chi connectivity index (χ0v) is 8.77. The summed E-state index contributed by atoms with van der Waals surface area (Å²) in [5, 5.41) is 13.4. The van der Waals surface area contributed by atoms with Crippen LogP contribution in [0.4, 0.5) is 0 Å². The lowest BCUT2D eigenvalue weighted by Crippen LogP contribution is -2.40. The maximum absolute atomic E-state index is 11.3. The molecular weight excluding hydrogens is 214 g/mol. The fourth-order valence-corrected chi connectivity index (χ4v) is 1.09. The second-order valence-corrected chi connectivity index (χ2v) is 3.38. The molecule has 0 aliphatic carbocycles. The van der Waals surface area contributed by atoms with E-state index in [0.29, 0.717) is 0 Å². The van der Waals surface area contributed by atoms with Gasteiger partial charge < -0.3 is 10.4 Å². The van der Waals surface area contributed by atoms with Gasteiger partial charge in [-0.15, -0.1) is 0 Å². The van der Waals surface area contributed by atoms with Crippen molar-refractivity contribution in [2.75, 3.05) is 6.61 Å². The molecule has 0 saturated heterocycles. The summed E-state index contributed by atoms with van der Waals surface area (Å²) in [5.41, 5.74) is -0.922. The van der Waals surface area contributed by atoms with Gasteiger partial charge in [0.15, 0.2) is 0 Å². The predicted molar refractivity (Wildman–Crippen MR) is 56.0 cm³/mol. The number of amides is 1. The van der Waals surface area contributed by atoms with Gasteiger partial charge in [0.2, 0.25) is 5.91 Å². The van der Waals surface area contributed by atoms with Gasteiger partial charge in [0.1, 0.15) is 6.54 Å². The smallest absolute Gasteiger partial charge is 0.265 e. The summed E-state index contributed by atoms with van der Waals surface area (Å²) < 4.78 is 0.905. The summed E-state index contributed by atoms with van der Waals surface area (Å²) in [6.07, 6.45) is 0. The molecule has 1 unspecified atom stereocenters. The first-order valence-electron chi connectivity index (χ1n) is 4.73. The van der Waals surface area contributed by atoms with Crippen LogP contribution in [0.5, 0.6) is 0 Å². The lowest BCUT2D eigenvalue weighted by molar-refractivity contribution is -0.122. The number of hydrogen-bond acceptors (Lipinski definition) is 4. The Kier molecular flexibility index (Phi) is 4.01. The van der Waals surface area contributed by atoms with Crippen LogP contribution in [0.3, 0.4) is 0 Å². The van der Waals surface area contributed by atoms with E-state index >= 15 is 0 Å². The lowest BCUT2D eigenvalue weighted by Gasteiger charge is -2.11. The third kappa shape index (κ3) is 3.35. The van der Waals surface area contributed by atoms with E-state index in [4.69, 9.17) is 5.11 Å². The molecular formula is C9H13N3O4. The number of aromatic nitrogens is 2.